The van der Waals surface area contributed by atoms with Crippen LogP contribution >= 0.6 is 0 Å². The van der Waals surface area contributed by atoms with E-state index in [9.17, 15) is 13.2 Å². The SMILES string of the molecule is CCCN(CCC)c1ccc(NS(=O)(=O)c2ccc(NC(C)=O)cc2)cc1. The Hall–Kier alpha value is -2.54. The Morgan fingerprint density at radius 1 is 0.889 bits per heavy atom. The van der Waals surface area contributed by atoms with Crippen molar-refractivity contribution >= 4 is 33.0 Å². The molecule has 1 amide bonds. The molecule has 6 nitrogen and oxygen atoms in total. The quantitative estimate of drug-likeness (QED) is 0.677. The first kappa shape index (κ1) is 20.8. The lowest BCUT2D eigenvalue weighted by Crippen LogP contribution is -2.24. The van der Waals surface area contributed by atoms with Crippen LogP contribution in [0, 0.1) is 0 Å². The molecular formula is C20H27N3O3S. The normalized spacial score (nSPS) is 11.1. The highest BCUT2D eigenvalue weighted by Gasteiger charge is 2.14. The summed E-state index contributed by atoms with van der Waals surface area (Å²) >= 11 is 0. The minimum atomic E-state index is -3.69. The van der Waals surface area contributed by atoms with E-state index in [-0.39, 0.29) is 10.8 Å². The van der Waals surface area contributed by atoms with Crippen molar-refractivity contribution in [1.82, 2.24) is 0 Å². The monoisotopic (exact) mass is 389 g/mol. The summed E-state index contributed by atoms with van der Waals surface area (Å²) in [6.07, 6.45) is 2.12. The molecule has 0 aliphatic rings. The highest BCUT2D eigenvalue weighted by atomic mass is 32.2. The van der Waals surface area contributed by atoms with Crippen LogP contribution in [0.25, 0.3) is 0 Å². The van der Waals surface area contributed by atoms with Crippen molar-refractivity contribution in [3.8, 4) is 0 Å². The van der Waals surface area contributed by atoms with Gasteiger partial charge in [-0.25, -0.2) is 8.42 Å². The molecule has 7 heteroatoms. The van der Waals surface area contributed by atoms with E-state index in [0.717, 1.165) is 31.6 Å². The number of nitrogens with zero attached hydrogens (tertiary/aromatic N) is 1. The van der Waals surface area contributed by atoms with Crippen molar-refractivity contribution in [3.05, 3.63) is 48.5 Å². The summed E-state index contributed by atoms with van der Waals surface area (Å²) < 4.78 is 27.7. The van der Waals surface area contributed by atoms with E-state index in [0.29, 0.717) is 11.4 Å². The van der Waals surface area contributed by atoms with E-state index in [1.54, 1.807) is 24.3 Å². The Kier molecular flexibility index (Phi) is 7.24. The van der Waals surface area contributed by atoms with Gasteiger partial charge in [-0.3, -0.25) is 9.52 Å². The van der Waals surface area contributed by atoms with Crippen molar-refractivity contribution in [1.29, 1.82) is 0 Å². The number of benzene rings is 2. The molecule has 2 aromatic rings. The number of rotatable bonds is 9. The number of carbonyl (C=O) groups is 1. The van der Waals surface area contributed by atoms with Crippen LogP contribution in [-0.4, -0.2) is 27.4 Å². The number of amides is 1. The second-order valence-corrected chi connectivity index (χ2v) is 8.03. The number of carbonyl (C=O) groups excluding carboxylic acids is 1. The van der Waals surface area contributed by atoms with E-state index in [4.69, 9.17) is 0 Å². The van der Waals surface area contributed by atoms with E-state index >= 15 is 0 Å². The maximum Gasteiger partial charge on any atom is 0.261 e. The zero-order chi connectivity index (χ0) is 19.9. The molecule has 2 N–H and O–H groups in total. The Balaban J connectivity index is 2.11. The molecule has 2 aromatic carbocycles. The van der Waals surface area contributed by atoms with Crippen LogP contribution in [0.3, 0.4) is 0 Å². The molecule has 0 aliphatic heterocycles. The maximum absolute atomic E-state index is 12.5. The molecular weight excluding hydrogens is 362 g/mol. The van der Waals surface area contributed by atoms with E-state index in [2.05, 4.69) is 28.8 Å². The predicted molar refractivity (Wildman–Crippen MR) is 111 cm³/mol. The standard InChI is InChI=1S/C20H27N3O3S/c1-4-14-23(15-5-2)19-10-6-18(7-11-19)22-27(25,26)20-12-8-17(9-13-20)21-16(3)24/h6-13,22H,4-5,14-15H2,1-3H3,(H,21,24). The highest BCUT2D eigenvalue weighted by molar-refractivity contribution is 7.92. The average molecular weight is 390 g/mol. The second kappa shape index (κ2) is 9.41. The number of sulfonamides is 1. The van der Waals surface area contributed by atoms with Crippen LogP contribution in [-0.2, 0) is 14.8 Å². The van der Waals surface area contributed by atoms with Crippen molar-refractivity contribution in [2.45, 2.75) is 38.5 Å². The fraction of sp³-hybridized carbons (Fsp3) is 0.350. The summed E-state index contributed by atoms with van der Waals surface area (Å²) in [5.74, 6) is -0.205. The summed E-state index contributed by atoms with van der Waals surface area (Å²) in [5.41, 5.74) is 2.15. The van der Waals surface area contributed by atoms with Crippen LogP contribution in [0.5, 0.6) is 0 Å². The molecule has 0 aliphatic carbocycles. The van der Waals surface area contributed by atoms with Gasteiger partial charge in [0.05, 0.1) is 4.90 Å². The topological polar surface area (TPSA) is 78.5 Å². The summed E-state index contributed by atoms with van der Waals surface area (Å²) in [5, 5.41) is 2.61. The molecule has 0 fully saturated rings. The third kappa shape index (κ3) is 5.99. The highest BCUT2D eigenvalue weighted by Crippen LogP contribution is 2.22. The molecule has 2 rings (SSSR count). The molecule has 0 aromatic heterocycles. The smallest absolute Gasteiger partial charge is 0.261 e. The molecule has 27 heavy (non-hydrogen) atoms. The number of anilines is 3. The lowest BCUT2D eigenvalue weighted by Gasteiger charge is -2.24. The minimum Gasteiger partial charge on any atom is -0.372 e. The summed E-state index contributed by atoms with van der Waals surface area (Å²) in [6.45, 7) is 7.63. The first-order chi connectivity index (χ1) is 12.9. The predicted octanol–water partition coefficient (Wildman–Crippen LogP) is 4.07. The molecule has 0 unspecified atom stereocenters. The summed E-state index contributed by atoms with van der Waals surface area (Å²) in [7, 11) is -3.69. The molecule has 0 heterocycles. The fourth-order valence-corrected chi connectivity index (χ4v) is 3.84. The molecule has 0 radical (unpaired) electrons. The lowest BCUT2D eigenvalue weighted by atomic mass is 10.2. The van der Waals surface area contributed by atoms with Crippen LogP contribution < -0.4 is 14.9 Å². The van der Waals surface area contributed by atoms with Gasteiger partial charge in [0.25, 0.3) is 10.0 Å². The van der Waals surface area contributed by atoms with Gasteiger partial charge < -0.3 is 10.2 Å². The summed E-state index contributed by atoms with van der Waals surface area (Å²) in [4.78, 5) is 13.5. The Morgan fingerprint density at radius 2 is 1.41 bits per heavy atom. The van der Waals surface area contributed by atoms with Gasteiger partial charge in [-0.15, -0.1) is 0 Å². The van der Waals surface area contributed by atoms with E-state index in [1.165, 1.54) is 19.1 Å². The van der Waals surface area contributed by atoms with Gasteiger partial charge in [0.15, 0.2) is 0 Å². The zero-order valence-corrected chi connectivity index (χ0v) is 16.8. The van der Waals surface area contributed by atoms with Crippen LogP contribution in [0.15, 0.2) is 53.4 Å². The van der Waals surface area contributed by atoms with E-state index < -0.39 is 10.0 Å². The minimum absolute atomic E-state index is 0.138. The van der Waals surface area contributed by atoms with Gasteiger partial charge in [0.1, 0.15) is 0 Å². The lowest BCUT2D eigenvalue weighted by molar-refractivity contribution is -0.114. The number of nitrogens with one attached hydrogen (secondary N) is 2. The van der Waals surface area contributed by atoms with Gasteiger partial charge in [-0.1, -0.05) is 13.8 Å². The van der Waals surface area contributed by atoms with Crippen molar-refractivity contribution in [2.24, 2.45) is 0 Å². The summed E-state index contributed by atoms with van der Waals surface area (Å²) in [6, 6.07) is 13.5. The largest absolute Gasteiger partial charge is 0.372 e. The number of hydrogen-bond acceptors (Lipinski definition) is 4. The van der Waals surface area contributed by atoms with Crippen LogP contribution in [0.4, 0.5) is 17.1 Å². The Bertz CT molecular complexity index is 841. The van der Waals surface area contributed by atoms with Crippen LogP contribution in [0.1, 0.15) is 33.6 Å². The Morgan fingerprint density at radius 3 is 1.89 bits per heavy atom. The van der Waals surface area contributed by atoms with Gasteiger partial charge in [0, 0.05) is 37.1 Å². The maximum atomic E-state index is 12.5. The molecule has 0 bridgehead atoms. The molecule has 0 saturated carbocycles. The van der Waals surface area contributed by atoms with Gasteiger partial charge >= 0.3 is 0 Å². The Labute approximate surface area is 161 Å². The second-order valence-electron chi connectivity index (χ2n) is 6.34. The zero-order valence-electron chi connectivity index (χ0n) is 16.0. The van der Waals surface area contributed by atoms with Gasteiger partial charge in [-0.05, 0) is 61.4 Å². The molecule has 0 atom stereocenters. The van der Waals surface area contributed by atoms with Crippen molar-refractivity contribution in [2.75, 3.05) is 28.0 Å². The van der Waals surface area contributed by atoms with Crippen molar-refractivity contribution < 1.29 is 13.2 Å². The van der Waals surface area contributed by atoms with Gasteiger partial charge in [-0.2, -0.15) is 0 Å². The molecule has 146 valence electrons. The third-order valence-electron chi connectivity index (χ3n) is 3.96. The van der Waals surface area contributed by atoms with Crippen molar-refractivity contribution in [3.63, 3.8) is 0 Å². The number of hydrogen-bond donors (Lipinski definition) is 2. The third-order valence-corrected chi connectivity index (χ3v) is 5.35. The molecule has 0 saturated heterocycles. The first-order valence-electron chi connectivity index (χ1n) is 9.11. The van der Waals surface area contributed by atoms with Gasteiger partial charge in [0.2, 0.25) is 5.91 Å². The first-order valence-corrected chi connectivity index (χ1v) is 10.6. The molecule has 0 spiro atoms. The van der Waals surface area contributed by atoms with Crippen LogP contribution in [0.2, 0.25) is 0 Å². The fourth-order valence-electron chi connectivity index (χ4n) is 2.78. The average Bonchev–Trinajstić information content (AvgIpc) is 2.62. The van der Waals surface area contributed by atoms with E-state index in [1.807, 2.05) is 12.1 Å².